The first-order chi connectivity index (χ1) is 15.6. The Kier molecular flexibility index (Phi) is 6.26. The Labute approximate surface area is 186 Å². The number of methoxy groups -OCH3 is 1. The predicted octanol–water partition coefficient (Wildman–Crippen LogP) is 2.72. The molecule has 2 aromatic rings. The van der Waals surface area contributed by atoms with Crippen molar-refractivity contribution in [3.8, 4) is 5.75 Å². The lowest BCUT2D eigenvalue weighted by molar-refractivity contribution is -0.417. The highest BCUT2D eigenvalue weighted by Gasteiger charge is 2.48. The second-order valence-corrected chi connectivity index (χ2v) is 7.47. The van der Waals surface area contributed by atoms with Gasteiger partial charge in [-0.15, -0.1) is 4.90 Å². The van der Waals surface area contributed by atoms with Gasteiger partial charge in [-0.2, -0.15) is 9.37 Å². The van der Waals surface area contributed by atoms with Crippen molar-refractivity contribution in [1.29, 1.82) is 0 Å². The first-order valence-corrected chi connectivity index (χ1v) is 10.4. The van der Waals surface area contributed by atoms with Crippen molar-refractivity contribution in [2.75, 3.05) is 25.1 Å². The number of hydrogen-bond donors (Lipinski definition) is 1. The van der Waals surface area contributed by atoms with Gasteiger partial charge in [0.15, 0.2) is 6.54 Å². The highest BCUT2D eigenvalue weighted by molar-refractivity contribution is 6.26. The SMILES string of the molecule is COc1ccc(N2C(=O)C3C=CC=CC3=[N+](CC(=O)NCCc3ccccc3)C2=O)cc1. The number of imide groups is 1. The lowest BCUT2D eigenvalue weighted by atomic mass is 9.94. The van der Waals surface area contributed by atoms with Crippen molar-refractivity contribution in [3.63, 3.8) is 0 Å². The summed E-state index contributed by atoms with van der Waals surface area (Å²) in [4.78, 5) is 40.2. The van der Waals surface area contributed by atoms with Crippen LogP contribution in [0.3, 0.4) is 0 Å². The maximum Gasteiger partial charge on any atom is 0.506 e. The lowest BCUT2D eigenvalue weighted by Gasteiger charge is -2.26. The van der Waals surface area contributed by atoms with Gasteiger partial charge in [-0.25, -0.2) is 4.79 Å². The van der Waals surface area contributed by atoms with Gasteiger partial charge in [0, 0.05) is 6.54 Å². The number of benzene rings is 2. The Morgan fingerprint density at radius 1 is 1.06 bits per heavy atom. The summed E-state index contributed by atoms with van der Waals surface area (Å²) in [5.41, 5.74) is 2.05. The third-order valence-corrected chi connectivity index (χ3v) is 5.43. The Morgan fingerprint density at radius 2 is 1.81 bits per heavy atom. The van der Waals surface area contributed by atoms with Crippen LogP contribution in [0.4, 0.5) is 10.5 Å². The smallest absolute Gasteiger partial charge is 0.497 e. The van der Waals surface area contributed by atoms with Gasteiger partial charge < -0.3 is 10.1 Å². The molecule has 2 aliphatic rings. The van der Waals surface area contributed by atoms with Crippen molar-refractivity contribution in [1.82, 2.24) is 5.32 Å². The van der Waals surface area contributed by atoms with Gasteiger partial charge in [-0.3, -0.25) is 4.79 Å². The molecule has 4 amide bonds. The van der Waals surface area contributed by atoms with Gasteiger partial charge >= 0.3 is 11.9 Å². The van der Waals surface area contributed by atoms with E-state index in [1.165, 1.54) is 4.58 Å². The van der Waals surface area contributed by atoms with Crippen LogP contribution >= 0.6 is 0 Å². The van der Waals surface area contributed by atoms with Crippen LogP contribution in [0.5, 0.6) is 5.75 Å². The van der Waals surface area contributed by atoms with Crippen LogP contribution in [0.2, 0.25) is 0 Å². The van der Waals surface area contributed by atoms with Crippen LogP contribution in [0, 0.1) is 5.92 Å². The molecule has 32 heavy (non-hydrogen) atoms. The number of urea groups is 1. The van der Waals surface area contributed by atoms with E-state index in [1.54, 1.807) is 55.7 Å². The molecular weight excluding hydrogens is 406 g/mol. The molecule has 1 unspecified atom stereocenters. The first-order valence-electron chi connectivity index (χ1n) is 10.4. The maximum atomic E-state index is 13.3. The van der Waals surface area contributed by atoms with Gasteiger partial charge in [-0.1, -0.05) is 48.6 Å². The van der Waals surface area contributed by atoms with Crippen LogP contribution in [-0.4, -0.2) is 48.3 Å². The molecule has 7 nitrogen and oxygen atoms in total. The summed E-state index contributed by atoms with van der Waals surface area (Å²) >= 11 is 0. The summed E-state index contributed by atoms with van der Waals surface area (Å²) in [6.45, 7) is 0.290. The average molecular weight is 430 g/mol. The highest BCUT2D eigenvalue weighted by Crippen LogP contribution is 2.26. The van der Waals surface area contributed by atoms with Gasteiger partial charge in [0.2, 0.25) is 0 Å². The highest BCUT2D eigenvalue weighted by atomic mass is 16.5. The number of carbonyl (C=O) groups is 3. The number of nitrogens with one attached hydrogen (secondary N) is 1. The van der Waals surface area contributed by atoms with Crippen molar-refractivity contribution in [2.45, 2.75) is 6.42 Å². The van der Waals surface area contributed by atoms with Crippen LogP contribution in [0.15, 0.2) is 78.9 Å². The molecule has 162 valence electrons. The number of nitrogens with zero attached hydrogens (tertiary/aromatic N) is 2. The molecule has 7 heteroatoms. The van der Waals surface area contributed by atoms with E-state index in [0.717, 1.165) is 10.5 Å². The van der Waals surface area contributed by atoms with Crippen LogP contribution in [0.25, 0.3) is 0 Å². The zero-order valence-corrected chi connectivity index (χ0v) is 17.7. The molecule has 1 aliphatic heterocycles. The second kappa shape index (κ2) is 9.43. The van der Waals surface area contributed by atoms with E-state index in [4.69, 9.17) is 4.74 Å². The third kappa shape index (κ3) is 4.37. The van der Waals surface area contributed by atoms with E-state index in [-0.39, 0.29) is 18.4 Å². The number of amides is 4. The number of hydrogen-bond acceptors (Lipinski definition) is 4. The van der Waals surface area contributed by atoms with Crippen molar-refractivity contribution < 1.29 is 23.7 Å². The van der Waals surface area contributed by atoms with Crippen LogP contribution in [-0.2, 0) is 16.0 Å². The molecule has 1 aliphatic carbocycles. The zero-order valence-electron chi connectivity index (χ0n) is 17.7. The maximum absolute atomic E-state index is 13.3. The molecule has 1 atom stereocenters. The van der Waals surface area contributed by atoms with Gasteiger partial charge in [0.05, 0.1) is 7.11 Å². The third-order valence-electron chi connectivity index (χ3n) is 5.43. The molecule has 0 saturated heterocycles. The van der Waals surface area contributed by atoms with Crippen molar-refractivity contribution in [3.05, 3.63) is 84.5 Å². The zero-order chi connectivity index (χ0) is 22.5. The number of fused-ring (bicyclic) bond motifs is 1. The van der Waals surface area contributed by atoms with E-state index in [2.05, 4.69) is 5.32 Å². The Bertz CT molecular complexity index is 1120. The summed E-state index contributed by atoms with van der Waals surface area (Å²) in [6.07, 6.45) is 7.67. The summed E-state index contributed by atoms with van der Waals surface area (Å²) in [7, 11) is 1.55. The fourth-order valence-electron chi connectivity index (χ4n) is 3.78. The van der Waals surface area contributed by atoms with Gasteiger partial charge in [0.1, 0.15) is 23.1 Å². The first kappa shape index (κ1) is 21.2. The molecule has 0 saturated carbocycles. The number of carbonyl (C=O) groups excluding carboxylic acids is 3. The van der Waals surface area contributed by atoms with E-state index in [0.29, 0.717) is 30.1 Å². The van der Waals surface area contributed by atoms with Crippen molar-refractivity contribution >= 4 is 29.2 Å². The fourth-order valence-corrected chi connectivity index (χ4v) is 3.78. The summed E-state index contributed by atoms with van der Waals surface area (Å²) in [5.74, 6) is -0.644. The Balaban J connectivity index is 1.54. The standard InChI is InChI=1S/C25H23N3O4/c1-32-20-13-11-19(12-14-20)28-24(30)21-9-5-6-10-22(21)27(25(28)31)17-23(29)26-16-15-18-7-3-2-4-8-18/h2-14,21H,15-17H2,1H3/p+1. The van der Waals surface area contributed by atoms with Gasteiger partial charge in [0.25, 0.3) is 5.91 Å². The molecule has 0 aromatic heterocycles. The van der Waals surface area contributed by atoms with E-state index in [1.807, 2.05) is 30.3 Å². The summed E-state index contributed by atoms with van der Waals surface area (Å²) < 4.78 is 6.53. The van der Waals surface area contributed by atoms with E-state index < -0.39 is 11.9 Å². The van der Waals surface area contributed by atoms with Crippen molar-refractivity contribution in [2.24, 2.45) is 5.92 Å². The minimum absolute atomic E-state index is 0.169. The number of ether oxygens (including phenoxy) is 1. The molecule has 0 bridgehead atoms. The minimum Gasteiger partial charge on any atom is -0.497 e. The minimum atomic E-state index is -0.628. The van der Waals surface area contributed by atoms with E-state index >= 15 is 0 Å². The van der Waals surface area contributed by atoms with E-state index in [9.17, 15) is 14.4 Å². The predicted molar refractivity (Wildman–Crippen MR) is 121 cm³/mol. The fraction of sp³-hybridized carbons (Fsp3) is 0.200. The normalized spacial score (nSPS) is 17.4. The molecule has 2 aromatic carbocycles. The number of anilines is 1. The largest absolute Gasteiger partial charge is 0.506 e. The van der Waals surface area contributed by atoms with Gasteiger partial charge in [-0.05, 0) is 42.3 Å². The Hall–Kier alpha value is -4.00. The van der Waals surface area contributed by atoms with Crippen LogP contribution < -0.4 is 15.0 Å². The lowest BCUT2D eigenvalue weighted by Crippen LogP contribution is -2.56. The Morgan fingerprint density at radius 3 is 2.53 bits per heavy atom. The monoisotopic (exact) mass is 430 g/mol. The molecule has 4 rings (SSSR count). The average Bonchev–Trinajstić information content (AvgIpc) is 2.83. The molecule has 0 fully saturated rings. The number of rotatable bonds is 7. The molecule has 1 N–H and O–H groups in total. The molecule has 0 radical (unpaired) electrons. The molecule has 0 spiro atoms. The summed E-state index contributed by atoms with van der Waals surface area (Å²) in [6, 6.07) is 16.0. The quantitative estimate of drug-likeness (QED) is 0.685. The second-order valence-electron chi connectivity index (χ2n) is 7.47. The molecular formula is C25H24N3O4+. The molecule has 1 heterocycles. The number of allylic oxidation sites excluding steroid dienone is 3. The topological polar surface area (TPSA) is 78.7 Å². The summed E-state index contributed by atoms with van der Waals surface area (Å²) in [5, 5.41) is 2.87. The van der Waals surface area contributed by atoms with Crippen LogP contribution in [0.1, 0.15) is 5.56 Å².